The zero-order valence-electron chi connectivity index (χ0n) is 13.9. The summed E-state index contributed by atoms with van der Waals surface area (Å²) in [6.45, 7) is 18.5. The Labute approximate surface area is 126 Å². The third-order valence-corrected chi connectivity index (χ3v) is 9.07. The quantitative estimate of drug-likeness (QED) is 0.488. The maximum atomic E-state index is 6.35. The molecule has 0 radical (unpaired) electrons. The van der Waals surface area contributed by atoms with Crippen LogP contribution >= 0.6 is 0 Å². The topological polar surface area (TPSA) is 9.23 Å². The SMILES string of the molecule is C=C[C@@H](c1ccccc1)[C@@H](C)CO[Si](C)(C)C(C)(C)C. The number of hydrogen-bond donors (Lipinski definition) is 0. The van der Waals surface area contributed by atoms with Crippen LogP contribution in [0.5, 0.6) is 0 Å². The minimum absolute atomic E-state index is 0.267. The minimum Gasteiger partial charge on any atom is -0.417 e. The van der Waals surface area contributed by atoms with Crippen molar-refractivity contribution >= 4 is 8.32 Å². The van der Waals surface area contributed by atoms with Crippen molar-refractivity contribution in [2.45, 2.75) is 51.7 Å². The predicted octanol–water partition coefficient (Wildman–Crippen LogP) is 5.61. The summed E-state index contributed by atoms with van der Waals surface area (Å²) in [7, 11) is -1.66. The molecule has 0 fully saturated rings. The first-order chi connectivity index (χ1) is 9.19. The summed E-state index contributed by atoms with van der Waals surface area (Å²) in [6, 6.07) is 10.6. The highest BCUT2D eigenvalue weighted by Crippen LogP contribution is 2.37. The molecule has 0 spiro atoms. The smallest absolute Gasteiger partial charge is 0.191 e. The fourth-order valence-electron chi connectivity index (χ4n) is 2.03. The van der Waals surface area contributed by atoms with Crippen molar-refractivity contribution in [1.82, 2.24) is 0 Å². The van der Waals surface area contributed by atoms with Gasteiger partial charge in [0.05, 0.1) is 0 Å². The zero-order chi connectivity index (χ0) is 15.4. The van der Waals surface area contributed by atoms with E-state index in [0.717, 1.165) is 6.61 Å². The molecule has 0 heterocycles. The first kappa shape index (κ1) is 17.2. The molecule has 0 saturated carbocycles. The number of benzene rings is 1. The van der Waals surface area contributed by atoms with Crippen molar-refractivity contribution in [3.63, 3.8) is 0 Å². The average Bonchev–Trinajstić information content (AvgIpc) is 2.37. The van der Waals surface area contributed by atoms with E-state index >= 15 is 0 Å². The Bertz CT molecular complexity index is 417. The standard InChI is InChI=1S/C18H30OSi/c1-8-17(16-12-10-9-11-13-16)15(2)14-19-20(6,7)18(3,4)5/h8-13,15,17H,1,14H2,2-7H3/t15-,17+/m0/s1. The van der Waals surface area contributed by atoms with Gasteiger partial charge in [-0.3, -0.25) is 0 Å². The normalized spacial score (nSPS) is 15.7. The third-order valence-electron chi connectivity index (χ3n) is 4.56. The Morgan fingerprint density at radius 2 is 1.75 bits per heavy atom. The van der Waals surface area contributed by atoms with Crippen molar-refractivity contribution in [3.8, 4) is 0 Å². The predicted molar refractivity (Wildman–Crippen MR) is 91.7 cm³/mol. The van der Waals surface area contributed by atoms with Crippen molar-refractivity contribution in [2.24, 2.45) is 5.92 Å². The van der Waals surface area contributed by atoms with E-state index < -0.39 is 8.32 Å². The Kier molecular flexibility index (Phi) is 5.78. The second-order valence-corrected chi connectivity index (χ2v) is 12.0. The molecule has 2 atom stereocenters. The molecule has 1 aromatic rings. The Balaban J connectivity index is 2.71. The molecule has 0 aliphatic heterocycles. The van der Waals surface area contributed by atoms with Gasteiger partial charge in [-0.05, 0) is 29.6 Å². The average molecular weight is 291 g/mol. The molecule has 1 nitrogen and oxygen atoms in total. The highest BCUT2D eigenvalue weighted by atomic mass is 28.4. The van der Waals surface area contributed by atoms with E-state index in [1.807, 2.05) is 0 Å². The molecule has 0 saturated heterocycles. The summed E-state index contributed by atoms with van der Waals surface area (Å²) in [4.78, 5) is 0. The van der Waals surface area contributed by atoms with Crippen LogP contribution in [-0.4, -0.2) is 14.9 Å². The lowest BCUT2D eigenvalue weighted by Crippen LogP contribution is -2.42. The largest absolute Gasteiger partial charge is 0.417 e. The fraction of sp³-hybridized carbons (Fsp3) is 0.556. The fourth-order valence-corrected chi connectivity index (χ4v) is 3.14. The van der Waals surface area contributed by atoms with Crippen molar-refractivity contribution in [2.75, 3.05) is 6.61 Å². The first-order valence-electron chi connectivity index (χ1n) is 7.50. The highest BCUT2D eigenvalue weighted by Gasteiger charge is 2.37. The van der Waals surface area contributed by atoms with E-state index in [4.69, 9.17) is 4.43 Å². The molecule has 0 N–H and O–H groups in total. The van der Waals surface area contributed by atoms with E-state index in [2.05, 4.69) is 83.8 Å². The van der Waals surface area contributed by atoms with Gasteiger partial charge in [-0.2, -0.15) is 0 Å². The molecular formula is C18H30OSi. The summed E-state index contributed by atoms with van der Waals surface area (Å²) in [5, 5.41) is 0.267. The second-order valence-electron chi connectivity index (χ2n) is 7.22. The molecule has 20 heavy (non-hydrogen) atoms. The molecular weight excluding hydrogens is 260 g/mol. The number of hydrogen-bond acceptors (Lipinski definition) is 1. The summed E-state index contributed by atoms with van der Waals surface area (Å²) in [5.41, 5.74) is 1.33. The molecule has 0 amide bonds. The van der Waals surface area contributed by atoms with Gasteiger partial charge in [-0.25, -0.2) is 0 Å². The molecule has 1 rings (SSSR count). The molecule has 112 valence electrons. The van der Waals surface area contributed by atoms with Crippen LogP contribution in [0.25, 0.3) is 0 Å². The maximum Gasteiger partial charge on any atom is 0.191 e. The van der Waals surface area contributed by atoms with Crippen LogP contribution in [0.15, 0.2) is 43.0 Å². The summed E-state index contributed by atoms with van der Waals surface area (Å²) >= 11 is 0. The molecule has 0 aliphatic rings. The van der Waals surface area contributed by atoms with Crippen LogP contribution in [0, 0.1) is 5.92 Å². The van der Waals surface area contributed by atoms with Crippen LogP contribution in [0.2, 0.25) is 18.1 Å². The van der Waals surface area contributed by atoms with E-state index in [0.29, 0.717) is 11.8 Å². The van der Waals surface area contributed by atoms with E-state index in [-0.39, 0.29) is 5.04 Å². The lowest BCUT2D eigenvalue weighted by Gasteiger charge is -2.37. The van der Waals surface area contributed by atoms with Crippen molar-refractivity contribution in [3.05, 3.63) is 48.6 Å². The number of rotatable bonds is 6. The van der Waals surface area contributed by atoms with Crippen LogP contribution in [-0.2, 0) is 4.43 Å². The van der Waals surface area contributed by atoms with Gasteiger partial charge in [0.25, 0.3) is 0 Å². The zero-order valence-corrected chi connectivity index (χ0v) is 14.9. The molecule has 0 bridgehead atoms. The summed E-state index contributed by atoms with van der Waals surface area (Å²) < 4.78 is 6.35. The Morgan fingerprint density at radius 1 is 1.20 bits per heavy atom. The van der Waals surface area contributed by atoms with Crippen LogP contribution in [0.1, 0.15) is 39.2 Å². The third kappa shape index (κ3) is 4.32. The summed E-state index contributed by atoms with van der Waals surface area (Å²) in [5.74, 6) is 0.810. The van der Waals surface area contributed by atoms with Crippen LogP contribution in [0.4, 0.5) is 0 Å². The van der Waals surface area contributed by atoms with Crippen LogP contribution in [0.3, 0.4) is 0 Å². The van der Waals surface area contributed by atoms with Gasteiger partial charge in [0.1, 0.15) is 0 Å². The Morgan fingerprint density at radius 3 is 2.20 bits per heavy atom. The van der Waals surface area contributed by atoms with Gasteiger partial charge in [0, 0.05) is 12.5 Å². The lowest BCUT2D eigenvalue weighted by molar-refractivity contribution is 0.228. The maximum absolute atomic E-state index is 6.35. The highest BCUT2D eigenvalue weighted by molar-refractivity contribution is 6.74. The molecule has 1 aromatic carbocycles. The van der Waals surface area contributed by atoms with Gasteiger partial charge in [0.15, 0.2) is 8.32 Å². The van der Waals surface area contributed by atoms with Gasteiger partial charge < -0.3 is 4.43 Å². The minimum atomic E-state index is -1.66. The molecule has 0 aliphatic carbocycles. The molecule has 2 heteroatoms. The lowest BCUT2D eigenvalue weighted by atomic mass is 9.88. The van der Waals surface area contributed by atoms with Gasteiger partial charge in [0.2, 0.25) is 0 Å². The van der Waals surface area contributed by atoms with Crippen LogP contribution < -0.4 is 0 Å². The summed E-state index contributed by atoms with van der Waals surface area (Å²) in [6.07, 6.45) is 2.05. The van der Waals surface area contributed by atoms with Gasteiger partial charge in [-0.1, -0.05) is 64.1 Å². The van der Waals surface area contributed by atoms with E-state index in [1.165, 1.54) is 5.56 Å². The van der Waals surface area contributed by atoms with E-state index in [1.54, 1.807) is 0 Å². The first-order valence-corrected chi connectivity index (χ1v) is 10.4. The van der Waals surface area contributed by atoms with Gasteiger partial charge >= 0.3 is 0 Å². The second kappa shape index (κ2) is 6.73. The van der Waals surface area contributed by atoms with Crippen molar-refractivity contribution < 1.29 is 4.43 Å². The number of allylic oxidation sites excluding steroid dienone is 1. The van der Waals surface area contributed by atoms with Gasteiger partial charge in [-0.15, -0.1) is 6.58 Å². The Hall–Kier alpha value is -0.863. The molecule has 0 unspecified atom stereocenters. The monoisotopic (exact) mass is 290 g/mol. The molecule has 0 aromatic heterocycles. The van der Waals surface area contributed by atoms with Crippen molar-refractivity contribution in [1.29, 1.82) is 0 Å². The van der Waals surface area contributed by atoms with E-state index in [9.17, 15) is 0 Å².